The molecule has 100 valence electrons. The molecule has 0 aromatic carbocycles. The van der Waals surface area contributed by atoms with Crippen molar-refractivity contribution in [3.05, 3.63) is 24.3 Å². The molecule has 3 nitrogen and oxygen atoms in total. The van der Waals surface area contributed by atoms with Gasteiger partial charge in [0.1, 0.15) is 11.9 Å². The smallest absolute Gasteiger partial charge is 0.309 e. The fourth-order valence-corrected chi connectivity index (χ4v) is 4.97. The zero-order valence-electron chi connectivity index (χ0n) is 10.9. The number of ketones is 1. The Morgan fingerprint density at radius 2 is 1.42 bits per heavy atom. The molecule has 0 aromatic rings. The summed E-state index contributed by atoms with van der Waals surface area (Å²) in [6, 6.07) is 0. The normalized spacial score (nSPS) is 48.0. The van der Waals surface area contributed by atoms with Gasteiger partial charge in [0.15, 0.2) is 0 Å². The third kappa shape index (κ3) is 1.39. The molecule has 19 heavy (non-hydrogen) atoms. The lowest BCUT2D eigenvalue weighted by Gasteiger charge is -2.37. The van der Waals surface area contributed by atoms with Crippen LogP contribution in [0.25, 0.3) is 0 Å². The van der Waals surface area contributed by atoms with Gasteiger partial charge in [0.2, 0.25) is 0 Å². The molecule has 0 spiro atoms. The first-order valence-electron chi connectivity index (χ1n) is 7.14. The molecule has 0 aromatic heterocycles. The van der Waals surface area contributed by atoms with Crippen molar-refractivity contribution in [1.29, 1.82) is 0 Å². The predicted octanol–water partition coefficient (Wildman–Crippen LogP) is 2.28. The van der Waals surface area contributed by atoms with Crippen LogP contribution in [-0.4, -0.2) is 17.9 Å². The van der Waals surface area contributed by atoms with Crippen molar-refractivity contribution in [2.75, 3.05) is 0 Å². The van der Waals surface area contributed by atoms with Crippen molar-refractivity contribution in [2.45, 2.75) is 31.8 Å². The van der Waals surface area contributed by atoms with Crippen LogP contribution in [0.4, 0.5) is 0 Å². The lowest BCUT2D eigenvalue weighted by molar-refractivity contribution is -0.170. The van der Waals surface area contributed by atoms with Crippen LogP contribution in [0, 0.1) is 29.6 Å². The number of hydrogen-bond donors (Lipinski definition) is 0. The van der Waals surface area contributed by atoms with Crippen LogP contribution in [0.1, 0.15) is 25.7 Å². The summed E-state index contributed by atoms with van der Waals surface area (Å²) in [5.41, 5.74) is 2.29. The summed E-state index contributed by atoms with van der Waals surface area (Å²) in [7, 11) is 0. The van der Waals surface area contributed by atoms with Gasteiger partial charge in [0.25, 0.3) is 0 Å². The quantitative estimate of drug-likeness (QED) is 0.494. The monoisotopic (exact) mass is 258 g/mol. The third-order valence-electron chi connectivity index (χ3n) is 5.58. The Bertz CT molecular complexity index is 516. The molecular formula is C16H18O3. The molecule has 6 atom stereocenters. The van der Waals surface area contributed by atoms with E-state index in [1.807, 2.05) is 0 Å². The molecular weight excluding hydrogens is 240 g/mol. The second-order valence-corrected chi connectivity index (χ2v) is 6.67. The SMILES string of the molecule is C=C1C[C@@H]2C(=O)O[C@H](C1)[C@@H]1[C@H]2[C@H]2CC(=C)C[C@@H]1C2=O. The molecule has 0 N–H and O–H groups in total. The Balaban J connectivity index is 1.83. The van der Waals surface area contributed by atoms with Crippen LogP contribution in [-0.2, 0) is 14.3 Å². The van der Waals surface area contributed by atoms with Crippen LogP contribution in [0.15, 0.2) is 24.3 Å². The van der Waals surface area contributed by atoms with Gasteiger partial charge in [-0.05, 0) is 25.2 Å². The van der Waals surface area contributed by atoms with Gasteiger partial charge >= 0.3 is 5.97 Å². The van der Waals surface area contributed by atoms with Gasteiger partial charge in [-0.25, -0.2) is 0 Å². The highest BCUT2D eigenvalue weighted by Gasteiger charge is 2.62. The van der Waals surface area contributed by atoms with Crippen LogP contribution in [0.3, 0.4) is 0 Å². The van der Waals surface area contributed by atoms with E-state index in [1.165, 1.54) is 5.57 Å². The van der Waals surface area contributed by atoms with E-state index < -0.39 is 0 Å². The topological polar surface area (TPSA) is 43.4 Å². The third-order valence-corrected chi connectivity index (χ3v) is 5.58. The predicted molar refractivity (Wildman–Crippen MR) is 69.1 cm³/mol. The fraction of sp³-hybridized carbons (Fsp3) is 0.625. The average Bonchev–Trinajstić information content (AvgIpc) is 2.51. The molecule has 3 heteroatoms. The summed E-state index contributed by atoms with van der Waals surface area (Å²) in [4.78, 5) is 24.6. The molecule has 4 bridgehead atoms. The van der Waals surface area contributed by atoms with Gasteiger partial charge in [-0.1, -0.05) is 24.3 Å². The number of carbonyl (C=O) groups is 2. The van der Waals surface area contributed by atoms with Crippen molar-refractivity contribution in [1.82, 2.24) is 0 Å². The Morgan fingerprint density at radius 1 is 0.842 bits per heavy atom. The minimum atomic E-state index is -0.138. The number of hydrogen-bond acceptors (Lipinski definition) is 3. The van der Waals surface area contributed by atoms with Crippen LogP contribution in [0.2, 0.25) is 0 Å². The highest BCUT2D eigenvalue weighted by atomic mass is 16.5. The summed E-state index contributed by atoms with van der Waals surface area (Å²) in [5, 5.41) is 0. The van der Waals surface area contributed by atoms with Crippen molar-refractivity contribution < 1.29 is 14.3 Å². The highest BCUT2D eigenvalue weighted by Crippen LogP contribution is 2.58. The zero-order chi connectivity index (χ0) is 13.3. The van der Waals surface area contributed by atoms with Gasteiger partial charge < -0.3 is 4.74 Å². The molecule has 2 heterocycles. The molecule has 2 aliphatic heterocycles. The maximum atomic E-state index is 12.5. The molecule has 3 saturated carbocycles. The first kappa shape index (κ1) is 11.4. The summed E-state index contributed by atoms with van der Waals surface area (Å²) >= 11 is 0. The Kier molecular flexibility index (Phi) is 2.16. The summed E-state index contributed by atoms with van der Waals surface area (Å²) in [6.45, 7) is 8.15. The first-order valence-corrected chi connectivity index (χ1v) is 7.14. The fourth-order valence-electron chi connectivity index (χ4n) is 4.97. The standard InChI is InChI=1S/C16H18O3/c1-7-3-9-13-11-5-8(2)6-12(19-16(11)18)14(13)10(4-7)15(9)17/h9-14H,1-6H2/t9-,10+,11+,12-,13+,14-/m1/s1. The second-order valence-electron chi connectivity index (χ2n) is 6.67. The van der Waals surface area contributed by atoms with Gasteiger partial charge in [0, 0.05) is 24.2 Å². The van der Waals surface area contributed by atoms with Crippen LogP contribution >= 0.6 is 0 Å². The molecule has 5 fully saturated rings. The summed E-state index contributed by atoms with van der Waals surface area (Å²) < 4.78 is 5.60. The Hall–Kier alpha value is -1.38. The largest absolute Gasteiger partial charge is 0.461 e. The number of Topliss-reactive ketones (excluding diaryl/α,β-unsaturated/α-hetero) is 1. The van der Waals surface area contributed by atoms with Crippen LogP contribution in [0.5, 0.6) is 0 Å². The maximum Gasteiger partial charge on any atom is 0.309 e. The number of allylic oxidation sites excluding steroid dienone is 1. The Morgan fingerprint density at radius 3 is 2.16 bits per heavy atom. The minimum absolute atomic E-state index is 0.0162. The molecule has 5 rings (SSSR count). The van der Waals surface area contributed by atoms with E-state index in [0.717, 1.165) is 24.8 Å². The molecule has 0 unspecified atom stereocenters. The second kappa shape index (κ2) is 3.59. The van der Waals surface area contributed by atoms with Gasteiger partial charge in [-0.15, -0.1) is 0 Å². The van der Waals surface area contributed by atoms with Crippen molar-refractivity contribution >= 4 is 11.8 Å². The summed E-state index contributed by atoms with van der Waals surface area (Å²) in [5.74, 6) is 0.589. The van der Waals surface area contributed by atoms with Gasteiger partial charge in [-0.2, -0.15) is 0 Å². The lowest BCUT2D eigenvalue weighted by Crippen LogP contribution is -2.43. The lowest BCUT2D eigenvalue weighted by atomic mass is 9.74. The van der Waals surface area contributed by atoms with E-state index in [4.69, 9.17) is 4.74 Å². The molecule has 0 amide bonds. The van der Waals surface area contributed by atoms with E-state index in [0.29, 0.717) is 12.2 Å². The van der Waals surface area contributed by atoms with Gasteiger partial charge in [-0.3, -0.25) is 9.59 Å². The molecule has 3 aliphatic carbocycles. The maximum absolute atomic E-state index is 12.5. The average molecular weight is 258 g/mol. The van der Waals surface area contributed by atoms with E-state index in [1.54, 1.807) is 0 Å². The number of esters is 1. The minimum Gasteiger partial charge on any atom is -0.461 e. The molecule has 5 aliphatic rings. The van der Waals surface area contributed by atoms with E-state index in [9.17, 15) is 9.59 Å². The number of fused-ring (bicyclic) bond motifs is 5. The van der Waals surface area contributed by atoms with Crippen molar-refractivity contribution in [3.8, 4) is 0 Å². The van der Waals surface area contributed by atoms with Gasteiger partial charge in [0.05, 0.1) is 5.92 Å². The highest BCUT2D eigenvalue weighted by molar-refractivity contribution is 5.90. The molecule has 2 saturated heterocycles. The van der Waals surface area contributed by atoms with E-state index in [-0.39, 0.29) is 41.7 Å². The van der Waals surface area contributed by atoms with Crippen molar-refractivity contribution in [3.63, 3.8) is 0 Å². The number of ether oxygens (including phenoxy) is 1. The van der Waals surface area contributed by atoms with Crippen LogP contribution < -0.4 is 0 Å². The summed E-state index contributed by atoms with van der Waals surface area (Å²) in [6.07, 6.45) is 2.91. The first-order chi connectivity index (χ1) is 9.06. The Labute approximate surface area is 112 Å². The molecule has 0 radical (unpaired) electrons. The number of rotatable bonds is 0. The van der Waals surface area contributed by atoms with Crippen molar-refractivity contribution in [2.24, 2.45) is 29.6 Å². The number of carbonyl (C=O) groups excluding carboxylic acids is 2. The van der Waals surface area contributed by atoms with E-state index >= 15 is 0 Å². The zero-order valence-corrected chi connectivity index (χ0v) is 10.9. The van der Waals surface area contributed by atoms with E-state index in [2.05, 4.69) is 13.2 Å².